The normalized spacial score (nSPS) is 29.3. The third-order valence-electron chi connectivity index (χ3n) is 7.51. The van der Waals surface area contributed by atoms with Crippen molar-refractivity contribution in [3.63, 3.8) is 0 Å². The third-order valence-corrected chi connectivity index (χ3v) is 7.51. The van der Waals surface area contributed by atoms with Gasteiger partial charge >= 0.3 is 12.1 Å². The lowest BCUT2D eigenvalue weighted by atomic mass is 9.91. The molecule has 0 radical (unpaired) electrons. The van der Waals surface area contributed by atoms with Crippen LogP contribution in [0.5, 0.6) is 0 Å². The quantitative estimate of drug-likeness (QED) is 0.482. The number of fused-ring (bicyclic) bond motifs is 1. The van der Waals surface area contributed by atoms with Crippen molar-refractivity contribution in [1.82, 2.24) is 19.2 Å². The first-order valence-corrected chi connectivity index (χ1v) is 13.5. The predicted molar refractivity (Wildman–Crippen MR) is 145 cm³/mol. The Hall–Kier alpha value is -3.17. The van der Waals surface area contributed by atoms with E-state index in [0.29, 0.717) is 25.9 Å². The van der Waals surface area contributed by atoms with E-state index in [1.807, 2.05) is 75.0 Å². The summed E-state index contributed by atoms with van der Waals surface area (Å²) in [5, 5.41) is 10.5. The second kappa shape index (κ2) is 12.6. The molecule has 5 atom stereocenters. The first-order valence-electron chi connectivity index (χ1n) is 13.5. The smallest absolute Gasteiger partial charge is 0.410 e. The van der Waals surface area contributed by atoms with E-state index in [1.54, 1.807) is 11.1 Å². The highest BCUT2D eigenvalue weighted by Crippen LogP contribution is 2.26. The molecule has 1 saturated heterocycles. The molecule has 2 aliphatic heterocycles. The maximum Gasteiger partial charge on any atom is 0.410 e. The van der Waals surface area contributed by atoms with E-state index in [0.717, 1.165) is 29.9 Å². The Balaban J connectivity index is 1.55. The third kappa shape index (κ3) is 7.23. The van der Waals surface area contributed by atoms with Crippen LogP contribution in [0.4, 0.5) is 4.79 Å². The maximum absolute atomic E-state index is 12.9. The number of aliphatic hydroxyl groups excluding tert-OH is 1. The Morgan fingerprint density at radius 2 is 1.92 bits per heavy atom. The van der Waals surface area contributed by atoms with Crippen LogP contribution >= 0.6 is 0 Å². The molecule has 0 aromatic carbocycles. The fourth-order valence-electron chi connectivity index (χ4n) is 5.00. The molecule has 4 heterocycles. The van der Waals surface area contributed by atoms with Gasteiger partial charge in [0.2, 0.25) is 0 Å². The van der Waals surface area contributed by atoms with Gasteiger partial charge in [-0.1, -0.05) is 26.0 Å². The molecule has 9 heteroatoms. The zero-order valence-electron chi connectivity index (χ0n) is 22.8. The highest BCUT2D eigenvalue weighted by atomic mass is 16.6. The summed E-state index contributed by atoms with van der Waals surface area (Å²) in [6.45, 7) is 8.86. The first kappa shape index (κ1) is 27.9. The van der Waals surface area contributed by atoms with Crippen molar-refractivity contribution in [2.45, 2.75) is 58.3 Å². The van der Waals surface area contributed by atoms with Gasteiger partial charge in [-0.15, -0.1) is 0 Å². The van der Waals surface area contributed by atoms with Crippen molar-refractivity contribution in [3.8, 4) is 0 Å². The molecule has 206 valence electrons. The van der Waals surface area contributed by atoms with Crippen LogP contribution in [-0.4, -0.2) is 87.9 Å². The number of amides is 1. The van der Waals surface area contributed by atoms with Crippen LogP contribution in [0.3, 0.4) is 0 Å². The number of pyridine rings is 1. The number of aromatic nitrogens is 2. The molecule has 0 aliphatic carbocycles. The van der Waals surface area contributed by atoms with Crippen LogP contribution < -0.4 is 0 Å². The Kier molecular flexibility index (Phi) is 9.22. The average Bonchev–Trinajstić information content (AvgIpc) is 3.35. The van der Waals surface area contributed by atoms with E-state index in [2.05, 4.69) is 9.88 Å². The second-order valence-corrected chi connectivity index (χ2v) is 10.7. The van der Waals surface area contributed by atoms with Gasteiger partial charge in [-0.3, -0.25) is 4.79 Å². The molecule has 1 fully saturated rings. The van der Waals surface area contributed by atoms with Gasteiger partial charge in [-0.25, -0.2) is 9.78 Å². The van der Waals surface area contributed by atoms with E-state index in [1.165, 1.54) is 0 Å². The fourth-order valence-corrected chi connectivity index (χ4v) is 5.00. The highest BCUT2D eigenvalue weighted by molar-refractivity contribution is 5.71. The minimum Gasteiger partial charge on any atom is -0.457 e. The van der Waals surface area contributed by atoms with Crippen LogP contribution in [0.1, 0.15) is 45.6 Å². The van der Waals surface area contributed by atoms with E-state index >= 15 is 0 Å². The number of piperazine rings is 1. The number of carbonyl (C=O) groups excluding carboxylic acids is 2. The molecule has 4 rings (SSSR count). The largest absolute Gasteiger partial charge is 0.457 e. The molecule has 1 amide bonds. The van der Waals surface area contributed by atoms with Crippen molar-refractivity contribution < 1.29 is 24.2 Å². The number of carbonyl (C=O) groups is 2. The van der Waals surface area contributed by atoms with Crippen molar-refractivity contribution in [1.29, 1.82) is 0 Å². The maximum atomic E-state index is 12.9. The molecule has 1 N–H and O–H groups in total. The molecular formula is C29H40N4O5. The Labute approximate surface area is 224 Å². The SMILES string of the molecule is C/C(=C\c1ccc2nccn2c1)[C@H]1OC(=O)C[C@H](O)CC[C@H](C)[C@@H](OC(=O)N2CCN(C)CC2)/C=C\[C@@H]1C. The molecule has 0 unspecified atom stereocenters. The van der Waals surface area contributed by atoms with E-state index in [9.17, 15) is 14.7 Å². The zero-order chi connectivity index (χ0) is 27.2. The van der Waals surface area contributed by atoms with Gasteiger partial charge in [-0.05, 0) is 62.1 Å². The van der Waals surface area contributed by atoms with Gasteiger partial charge in [0.1, 0.15) is 17.9 Å². The summed E-state index contributed by atoms with van der Waals surface area (Å²) in [5.41, 5.74) is 2.69. The van der Waals surface area contributed by atoms with Crippen molar-refractivity contribution in [2.75, 3.05) is 33.2 Å². The lowest BCUT2D eigenvalue weighted by molar-refractivity contribution is -0.151. The minimum atomic E-state index is -0.814. The summed E-state index contributed by atoms with van der Waals surface area (Å²) in [6, 6.07) is 3.91. The number of hydrogen-bond acceptors (Lipinski definition) is 7. The number of ether oxygens (including phenoxy) is 2. The van der Waals surface area contributed by atoms with Crippen LogP contribution in [0.25, 0.3) is 11.7 Å². The molecule has 0 bridgehead atoms. The minimum absolute atomic E-state index is 0.0167. The van der Waals surface area contributed by atoms with Gasteiger partial charge in [0, 0.05) is 50.7 Å². The molecule has 0 spiro atoms. The standard InChI is InChI=1S/C29H40N4O5/c1-20-5-8-24(34)18-27(35)38-28(22(3)17-23-7-10-26-30-11-12-33(26)19-23)21(2)6-9-25(20)37-29(36)32-15-13-31(4)14-16-32/h6-7,9-12,17,19-21,24-25,28,34H,5,8,13-16,18H2,1-4H3/b9-6-,22-17+/t20-,21-,24+,25-,28-/m0/s1. The number of aliphatic hydroxyl groups is 1. The van der Waals surface area contributed by atoms with E-state index in [-0.39, 0.29) is 24.3 Å². The molecule has 2 aliphatic rings. The van der Waals surface area contributed by atoms with Crippen LogP contribution in [-0.2, 0) is 14.3 Å². The summed E-state index contributed by atoms with van der Waals surface area (Å²) < 4.78 is 13.8. The summed E-state index contributed by atoms with van der Waals surface area (Å²) in [7, 11) is 2.04. The van der Waals surface area contributed by atoms with Crippen LogP contribution in [0, 0.1) is 11.8 Å². The van der Waals surface area contributed by atoms with E-state index < -0.39 is 24.3 Å². The molecule has 0 saturated carbocycles. The van der Waals surface area contributed by atoms with Crippen molar-refractivity contribution in [3.05, 3.63) is 54.0 Å². The molecular weight excluding hydrogens is 484 g/mol. The molecule has 2 aromatic rings. The number of nitrogens with zero attached hydrogens (tertiary/aromatic N) is 4. The number of rotatable bonds is 3. The van der Waals surface area contributed by atoms with Gasteiger partial charge in [0.15, 0.2) is 0 Å². The Morgan fingerprint density at radius 1 is 1.16 bits per heavy atom. The predicted octanol–water partition coefficient (Wildman–Crippen LogP) is 3.78. The Morgan fingerprint density at radius 3 is 2.68 bits per heavy atom. The lowest BCUT2D eigenvalue weighted by Crippen LogP contribution is -2.48. The summed E-state index contributed by atoms with van der Waals surface area (Å²) in [4.78, 5) is 33.9. The number of esters is 1. The first-order chi connectivity index (χ1) is 18.2. The lowest BCUT2D eigenvalue weighted by Gasteiger charge is -2.33. The summed E-state index contributed by atoms with van der Waals surface area (Å²) >= 11 is 0. The van der Waals surface area contributed by atoms with Gasteiger partial charge < -0.3 is 28.8 Å². The van der Waals surface area contributed by atoms with Crippen molar-refractivity contribution in [2.24, 2.45) is 11.8 Å². The van der Waals surface area contributed by atoms with Crippen LogP contribution in [0.2, 0.25) is 0 Å². The van der Waals surface area contributed by atoms with Gasteiger partial charge in [0.05, 0.1) is 12.5 Å². The number of likely N-dealkylation sites (N-methyl/N-ethyl adjacent to an activating group) is 1. The molecule has 38 heavy (non-hydrogen) atoms. The molecule has 2 aromatic heterocycles. The highest BCUT2D eigenvalue weighted by Gasteiger charge is 2.29. The van der Waals surface area contributed by atoms with Crippen LogP contribution in [0.15, 0.2) is 48.4 Å². The number of hydrogen-bond donors (Lipinski definition) is 1. The Bertz CT molecular complexity index is 1170. The summed E-state index contributed by atoms with van der Waals surface area (Å²) in [6.07, 6.45) is 10.4. The monoisotopic (exact) mass is 524 g/mol. The zero-order valence-corrected chi connectivity index (χ0v) is 22.8. The number of imidazole rings is 1. The average molecular weight is 525 g/mol. The topological polar surface area (TPSA) is 96.6 Å². The second-order valence-electron chi connectivity index (χ2n) is 10.7. The van der Waals surface area contributed by atoms with E-state index in [4.69, 9.17) is 9.47 Å². The van der Waals surface area contributed by atoms with Crippen molar-refractivity contribution >= 4 is 23.8 Å². The van der Waals surface area contributed by atoms with Gasteiger partial charge in [-0.2, -0.15) is 0 Å². The fraction of sp³-hybridized carbons (Fsp3) is 0.552. The van der Waals surface area contributed by atoms with Gasteiger partial charge in [0.25, 0.3) is 0 Å². The molecule has 9 nitrogen and oxygen atoms in total. The number of cyclic esters (lactones) is 1. The summed E-state index contributed by atoms with van der Waals surface area (Å²) in [5.74, 6) is -0.621.